The van der Waals surface area contributed by atoms with Crippen LogP contribution in [0.2, 0.25) is 0 Å². The average Bonchev–Trinajstić information content (AvgIpc) is 2.85. The van der Waals surface area contributed by atoms with Gasteiger partial charge in [0.1, 0.15) is 30.5 Å². The second-order valence-electron chi connectivity index (χ2n) is 7.80. The van der Waals surface area contributed by atoms with Crippen LogP contribution in [0.3, 0.4) is 0 Å². The smallest absolute Gasteiger partial charge is 0.307 e. The maximum Gasteiger partial charge on any atom is 0.307 e. The van der Waals surface area contributed by atoms with Gasteiger partial charge in [-0.1, -0.05) is 12.1 Å². The monoisotopic (exact) mass is 479 g/mol. The van der Waals surface area contributed by atoms with Gasteiger partial charge >= 0.3 is 5.97 Å². The zero-order valence-corrected chi connectivity index (χ0v) is 19.9. The lowest BCUT2D eigenvalue weighted by atomic mass is 10.1. The molecule has 0 fully saturated rings. The van der Waals surface area contributed by atoms with Gasteiger partial charge in [-0.05, 0) is 44.0 Å². The van der Waals surface area contributed by atoms with Crippen LogP contribution in [-0.4, -0.2) is 54.0 Å². The van der Waals surface area contributed by atoms with Crippen LogP contribution < -0.4 is 24.3 Å². The third kappa shape index (κ3) is 6.11. The summed E-state index contributed by atoms with van der Waals surface area (Å²) in [5.41, 5.74) is 2.38. The van der Waals surface area contributed by atoms with Gasteiger partial charge in [-0.15, -0.1) is 0 Å². The molecule has 184 valence electrons. The van der Waals surface area contributed by atoms with Crippen molar-refractivity contribution < 1.29 is 28.8 Å². The van der Waals surface area contributed by atoms with Crippen molar-refractivity contribution >= 4 is 11.8 Å². The molecule has 3 aromatic rings. The fourth-order valence-electron chi connectivity index (χ4n) is 3.81. The van der Waals surface area contributed by atoms with E-state index in [0.717, 1.165) is 22.6 Å². The minimum absolute atomic E-state index is 0.109. The number of ether oxygens (including phenoxy) is 4. The quantitative estimate of drug-likeness (QED) is 0.421. The molecule has 0 atom stereocenters. The van der Waals surface area contributed by atoms with E-state index < -0.39 is 5.97 Å². The normalized spacial score (nSPS) is 12.2. The Hall–Kier alpha value is -4.01. The Kier molecular flexibility index (Phi) is 7.87. The molecule has 0 saturated heterocycles. The molecular weight excluding hydrogens is 450 g/mol. The van der Waals surface area contributed by atoms with E-state index in [1.54, 1.807) is 24.4 Å². The molecule has 0 amide bonds. The summed E-state index contributed by atoms with van der Waals surface area (Å²) in [6.45, 7) is 6.49. The van der Waals surface area contributed by atoms with Gasteiger partial charge in [0, 0.05) is 29.9 Å². The van der Waals surface area contributed by atoms with Gasteiger partial charge in [-0.25, -0.2) is 9.97 Å². The van der Waals surface area contributed by atoms with Crippen LogP contribution in [0.25, 0.3) is 11.4 Å². The Morgan fingerprint density at radius 1 is 1.00 bits per heavy atom. The van der Waals surface area contributed by atoms with Gasteiger partial charge in [0.2, 0.25) is 0 Å². The van der Waals surface area contributed by atoms with Crippen LogP contribution in [0, 0.1) is 0 Å². The molecule has 9 nitrogen and oxygen atoms in total. The zero-order valence-electron chi connectivity index (χ0n) is 19.9. The molecule has 0 bridgehead atoms. The highest BCUT2D eigenvalue weighted by molar-refractivity contribution is 5.72. The first-order valence-corrected chi connectivity index (χ1v) is 11.7. The molecule has 0 unspecified atom stereocenters. The first kappa shape index (κ1) is 24.1. The van der Waals surface area contributed by atoms with Crippen LogP contribution in [0.4, 0.5) is 5.82 Å². The van der Waals surface area contributed by atoms with Gasteiger partial charge < -0.3 is 29.4 Å². The number of carboxylic acids is 1. The lowest BCUT2D eigenvalue weighted by molar-refractivity contribution is -0.136. The Morgan fingerprint density at radius 3 is 2.43 bits per heavy atom. The molecular formula is C26H29N3O6. The summed E-state index contributed by atoms with van der Waals surface area (Å²) >= 11 is 0. The van der Waals surface area contributed by atoms with Gasteiger partial charge in [0.25, 0.3) is 0 Å². The third-order valence-corrected chi connectivity index (χ3v) is 5.35. The summed E-state index contributed by atoms with van der Waals surface area (Å²) in [6.07, 6.45) is 2.28. The first-order chi connectivity index (χ1) is 17.1. The number of hydrogen-bond acceptors (Lipinski definition) is 8. The van der Waals surface area contributed by atoms with Gasteiger partial charge in [-0.3, -0.25) is 4.79 Å². The second-order valence-corrected chi connectivity index (χ2v) is 7.80. The predicted octanol–water partition coefficient (Wildman–Crippen LogP) is 3.99. The van der Waals surface area contributed by atoms with E-state index in [-0.39, 0.29) is 6.42 Å². The summed E-state index contributed by atoms with van der Waals surface area (Å²) in [5.74, 6) is 3.04. The van der Waals surface area contributed by atoms with Crippen molar-refractivity contribution in [2.24, 2.45) is 0 Å². The lowest BCUT2D eigenvalue weighted by Gasteiger charge is -2.21. The van der Waals surface area contributed by atoms with E-state index in [1.807, 2.05) is 32.0 Å². The Morgan fingerprint density at radius 2 is 1.71 bits per heavy atom. The molecule has 4 rings (SSSR count). The Bertz CT molecular complexity index is 1180. The average molecular weight is 480 g/mol. The van der Waals surface area contributed by atoms with E-state index >= 15 is 0 Å². The number of fused-ring (bicyclic) bond motifs is 1. The number of aromatic nitrogens is 2. The highest BCUT2D eigenvalue weighted by Gasteiger charge is 2.17. The predicted molar refractivity (Wildman–Crippen MR) is 131 cm³/mol. The van der Waals surface area contributed by atoms with E-state index in [4.69, 9.17) is 24.1 Å². The van der Waals surface area contributed by atoms with Crippen molar-refractivity contribution in [3.8, 4) is 34.4 Å². The van der Waals surface area contributed by atoms with E-state index in [2.05, 4.69) is 15.3 Å². The lowest BCUT2D eigenvalue weighted by Crippen LogP contribution is -2.16. The van der Waals surface area contributed by atoms with Gasteiger partial charge in [-0.2, -0.15) is 0 Å². The Balaban J connectivity index is 1.47. The zero-order chi connectivity index (χ0) is 24.6. The number of nitrogens with one attached hydrogen (secondary N) is 1. The van der Waals surface area contributed by atoms with Crippen LogP contribution in [0.5, 0.6) is 23.0 Å². The maximum atomic E-state index is 11.1. The van der Waals surface area contributed by atoms with Crippen LogP contribution >= 0.6 is 0 Å². The van der Waals surface area contributed by atoms with Crippen molar-refractivity contribution in [2.45, 2.75) is 26.7 Å². The fourth-order valence-corrected chi connectivity index (χ4v) is 3.81. The Labute approximate surface area is 204 Å². The molecule has 0 saturated carbocycles. The minimum Gasteiger partial charge on any atom is -0.494 e. The number of carbonyl (C=O) groups is 1. The number of hydrogen-bond donors (Lipinski definition) is 2. The van der Waals surface area contributed by atoms with Crippen LogP contribution in [0.1, 0.15) is 25.0 Å². The van der Waals surface area contributed by atoms with Crippen molar-refractivity contribution in [3.63, 3.8) is 0 Å². The number of anilines is 1. The summed E-state index contributed by atoms with van der Waals surface area (Å²) in [7, 11) is 0. The summed E-state index contributed by atoms with van der Waals surface area (Å²) in [5, 5.41) is 12.5. The largest absolute Gasteiger partial charge is 0.494 e. The van der Waals surface area contributed by atoms with Gasteiger partial charge in [0.05, 0.1) is 19.6 Å². The molecule has 0 spiro atoms. The summed E-state index contributed by atoms with van der Waals surface area (Å²) in [6, 6.07) is 11.0. The van der Waals surface area contributed by atoms with Crippen molar-refractivity contribution in [1.82, 2.24) is 9.97 Å². The first-order valence-electron chi connectivity index (χ1n) is 11.7. The fraction of sp³-hybridized carbons (Fsp3) is 0.346. The summed E-state index contributed by atoms with van der Waals surface area (Å²) < 4.78 is 22.8. The van der Waals surface area contributed by atoms with Crippen molar-refractivity contribution in [2.75, 3.05) is 38.3 Å². The standard InChI is InChI=1S/C26H29N3O6/c1-3-32-20-14-19(6-5-17(20)15-25(30)31)26-28-10-8-24(29-26)27-9-7-18-13-22-23(35-12-11-34-22)16-21(18)33-4-2/h5-6,8,10,13-14,16H,3-4,7,9,11-12,15H2,1-2H3,(H,30,31)(H,27,28,29). The molecule has 35 heavy (non-hydrogen) atoms. The molecule has 0 radical (unpaired) electrons. The van der Waals surface area contributed by atoms with Crippen molar-refractivity contribution in [1.29, 1.82) is 0 Å². The number of aliphatic carboxylic acids is 1. The van der Waals surface area contributed by atoms with E-state index in [0.29, 0.717) is 68.1 Å². The highest BCUT2D eigenvalue weighted by atomic mass is 16.6. The topological polar surface area (TPSA) is 112 Å². The number of rotatable bonds is 11. The molecule has 0 aliphatic carbocycles. The van der Waals surface area contributed by atoms with E-state index in [9.17, 15) is 4.79 Å². The molecule has 9 heteroatoms. The molecule has 1 aliphatic heterocycles. The highest BCUT2D eigenvalue weighted by Crippen LogP contribution is 2.37. The van der Waals surface area contributed by atoms with E-state index in [1.165, 1.54) is 0 Å². The maximum absolute atomic E-state index is 11.1. The SMILES string of the molecule is CCOc1cc2c(cc1CCNc1ccnc(-c3ccc(CC(=O)O)c(OCC)c3)n1)OCCO2. The second kappa shape index (κ2) is 11.4. The van der Waals surface area contributed by atoms with Crippen LogP contribution in [-0.2, 0) is 17.6 Å². The summed E-state index contributed by atoms with van der Waals surface area (Å²) in [4.78, 5) is 20.2. The van der Waals surface area contributed by atoms with Gasteiger partial charge in [0.15, 0.2) is 17.3 Å². The number of benzene rings is 2. The van der Waals surface area contributed by atoms with Crippen molar-refractivity contribution in [3.05, 3.63) is 53.7 Å². The molecule has 1 aromatic heterocycles. The molecule has 1 aliphatic rings. The minimum atomic E-state index is -0.911. The number of nitrogens with zero attached hydrogens (tertiary/aromatic N) is 2. The molecule has 2 N–H and O–H groups in total. The number of carboxylic acid groups (broad SMARTS) is 1. The van der Waals surface area contributed by atoms with Crippen LogP contribution in [0.15, 0.2) is 42.6 Å². The molecule has 2 aromatic carbocycles. The third-order valence-electron chi connectivity index (χ3n) is 5.35. The molecule has 2 heterocycles.